The summed E-state index contributed by atoms with van der Waals surface area (Å²) >= 11 is 0. The van der Waals surface area contributed by atoms with E-state index in [2.05, 4.69) is 19.2 Å². The molecule has 0 radical (unpaired) electrons. The lowest BCUT2D eigenvalue weighted by Crippen LogP contribution is -2.35. The van der Waals surface area contributed by atoms with Crippen LogP contribution in [0.3, 0.4) is 0 Å². The second-order valence-electron chi connectivity index (χ2n) is 5.88. The van der Waals surface area contributed by atoms with E-state index in [1.54, 1.807) is 7.11 Å². The van der Waals surface area contributed by atoms with E-state index in [0.29, 0.717) is 23.5 Å². The van der Waals surface area contributed by atoms with E-state index in [4.69, 9.17) is 4.74 Å². The van der Waals surface area contributed by atoms with Crippen molar-refractivity contribution in [2.24, 2.45) is 11.8 Å². The first kappa shape index (κ1) is 14.3. The summed E-state index contributed by atoms with van der Waals surface area (Å²) in [6, 6.07) is 5.23. The Hall–Kier alpha value is -1.09. The van der Waals surface area contributed by atoms with Gasteiger partial charge in [-0.15, -0.1) is 0 Å². The number of methoxy groups -OCH3 is 1. The number of hydrogen-bond donors (Lipinski definition) is 1. The quantitative estimate of drug-likeness (QED) is 0.849. The number of benzene rings is 1. The lowest BCUT2D eigenvalue weighted by molar-refractivity contribution is 0.238. The molecular weight excluding hydrogens is 241 g/mol. The molecule has 2 rings (SSSR count). The van der Waals surface area contributed by atoms with Crippen LogP contribution in [0.4, 0.5) is 4.39 Å². The van der Waals surface area contributed by atoms with Gasteiger partial charge in [0.25, 0.3) is 0 Å². The minimum atomic E-state index is -0.127. The lowest BCUT2D eigenvalue weighted by Gasteiger charge is -2.37. The fraction of sp³-hybridized carbons (Fsp3) is 0.625. The molecule has 1 saturated carbocycles. The van der Waals surface area contributed by atoms with Crippen molar-refractivity contribution in [3.05, 3.63) is 29.6 Å². The first-order chi connectivity index (χ1) is 9.11. The van der Waals surface area contributed by atoms with Crippen LogP contribution in [0, 0.1) is 17.7 Å². The molecule has 0 heterocycles. The van der Waals surface area contributed by atoms with Crippen molar-refractivity contribution in [2.45, 2.75) is 32.6 Å². The van der Waals surface area contributed by atoms with Gasteiger partial charge in [0.2, 0.25) is 0 Å². The highest BCUT2D eigenvalue weighted by Gasteiger charge is 2.33. The van der Waals surface area contributed by atoms with Crippen LogP contribution in [0.25, 0.3) is 0 Å². The zero-order valence-corrected chi connectivity index (χ0v) is 12.1. The van der Waals surface area contributed by atoms with Crippen molar-refractivity contribution in [2.75, 3.05) is 20.2 Å². The van der Waals surface area contributed by atoms with Crippen molar-refractivity contribution >= 4 is 0 Å². The third-order valence-electron chi connectivity index (χ3n) is 3.98. The smallest absolute Gasteiger partial charge is 0.130 e. The average Bonchev–Trinajstić information content (AvgIpc) is 2.35. The maximum atomic E-state index is 14.0. The summed E-state index contributed by atoms with van der Waals surface area (Å²) in [6.07, 6.45) is 2.29. The molecule has 19 heavy (non-hydrogen) atoms. The third kappa shape index (κ3) is 3.47. The maximum absolute atomic E-state index is 14.0. The zero-order chi connectivity index (χ0) is 13.8. The summed E-state index contributed by atoms with van der Waals surface area (Å²) in [5, 5.41) is 3.48. The van der Waals surface area contributed by atoms with Gasteiger partial charge in [-0.25, -0.2) is 4.39 Å². The van der Waals surface area contributed by atoms with Crippen LogP contribution in [0.5, 0.6) is 5.75 Å². The number of rotatable bonds is 6. The molecule has 0 saturated heterocycles. The zero-order valence-electron chi connectivity index (χ0n) is 12.1. The maximum Gasteiger partial charge on any atom is 0.130 e. The molecule has 0 spiro atoms. The van der Waals surface area contributed by atoms with Gasteiger partial charge in [0, 0.05) is 6.07 Å². The first-order valence-corrected chi connectivity index (χ1v) is 7.16. The largest absolute Gasteiger partial charge is 0.497 e. The van der Waals surface area contributed by atoms with Crippen molar-refractivity contribution < 1.29 is 9.13 Å². The molecule has 1 aromatic carbocycles. The Morgan fingerprint density at radius 1 is 1.37 bits per heavy atom. The van der Waals surface area contributed by atoms with Crippen molar-refractivity contribution in [1.29, 1.82) is 0 Å². The Balaban J connectivity index is 1.94. The summed E-state index contributed by atoms with van der Waals surface area (Å²) in [6.45, 7) is 6.44. The SMILES string of the molecule is COc1ccc(C2CCC2CNCC(C)C)c(F)c1. The Kier molecular flexibility index (Phi) is 4.81. The van der Waals surface area contributed by atoms with Crippen LogP contribution >= 0.6 is 0 Å². The van der Waals surface area contributed by atoms with Crippen LogP contribution in [0.2, 0.25) is 0 Å². The van der Waals surface area contributed by atoms with Gasteiger partial charge < -0.3 is 10.1 Å². The highest BCUT2D eigenvalue weighted by molar-refractivity contribution is 5.32. The van der Waals surface area contributed by atoms with E-state index in [0.717, 1.165) is 25.1 Å². The highest BCUT2D eigenvalue weighted by Crippen LogP contribution is 2.43. The van der Waals surface area contributed by atoms with Crippen LogP contribution < -0.4 is 10.1 Å². The standard InChI is InChI=1S/C16H24FNO/c1-11(2)9-18-10-12-4-6-14(12)15-7-5-13(19-3)8-16(15)17/h5,7-8,11-12,14,18H,4,6,9-10H2,1-3H3. The molecule has 1 N–H and O–H groups in total. The molecule has 3 heteroatoms. The second kappa shape index (κ2) is 6.38. The topological polar surface area (TPSA) is 21.3 Å². The summed E-state index contributed by atoms with van der Waals surface area (Å²) in [5.74, 6) is 2.07. The summed E-state index contributed by atoms with van der Waals surface area (Å²) in [5.41, 5.74) is 0.850. The van der Waals surface area contributed by atoms with E-state index >= 15 is 0 Å². The van der Waals surface area contributed by atoms with Crippen molar-refractivity contribution in [1.82, 2.24) is 5.32 Å². The molecule has 1 aromatic rings. The molecule has 0 aromatic heterocycles. The molecule has 1 fully saturated rings. The normalized spacial score (nSPS) is 22.4. The molecular formula is C16H24FNO. The lowest BCUT2D eigenvalue weighted by atomic mass is 9.70. The van der Waals surface area contributed by atoms with Crippen LogP contribution in [-0.4, -0.2) is 20.2 Å². The molecule has 1 aliphatic rings. The van der Waals surface area contributed by atoms with Gasteiger partial charge >= 0.3 is 0 Å². The Morgan fingerprint density at radius 2 is 2.16 bits per heavy atom. The fourth-order valence-electron chi connectivity index (χ4n) is 2.72. The molecule has 2 unspecified atom stereocenters. The molecule has 106 valence electrons. The van der Waals surface area contributed by atoms with Gasteiger partial charge in [-0.1, -0.05) is 19.9 Å². The van der Waals surface area contributed by atoms with E-state index in [1.807, 2.05) is 12.1 Å². The number of ether oxygens (including phenoxy) is 1. The molecule has 0 aliphatic heterocycles. The van der Waals surface area contributed by atoms with Crippen molar-refractivity contribution in [3.8, 4) is 5.75 Å². The fourth-order valence-corrected chi connectivity index (χ4v) is 2.72. The Labute approximate surface area is 115 Å². The van der Waals surface area contributed by atoms with E-state index < -0.39 is 0 Å². The molecule has 0 bridgehead atoms. The predicted octanol–water partition coefficient (Wildman–Crippen LogP) is 3.57. The van der Waals surface area contributed by atoms with Gasteiger partial charge in [0.05, 0.1) is 7.11 Å². The highest BCUT2D eigenvalue weighted by atomic mass is 19.1. The Bertz CT molecular complexity index is 419. The first-order valence-electron chi connectivity index (χ1n) is 7.16. The van der Waals surface area contributed by atoms with Gasteiger partial charge in [-0.05, 0) is 55.3 Å². The summed E-state index contributed by atoms with van der Waals surface area (Å²) in [7, 11) is 1.57. The van der Waals surface area contributed by atoms with E-state index in [-0.39, 0.29) is 5.82 Å². The van der Waals surface area contributed by atoms with Gasteiger partial charge in [0.15, 0.2) is 0 Å². The molecule has 1 aliphatic carbocycles. The summed E-state index contributed by atoms with van der Waals surface area (Å²) in [4.78, 5) is 0. The van der Waals surface area contributed by atoms with Crippen LogP contribution in [-0.2, 0) is 0 Å². The average molecular weight is 265 g/mol. The third-order valence-corrected chi connectivity index (χ3v) is 3.98. The predicted molar refractivity (Wildman–Crippen MR) is 76.1 cm³/mol. The summed E-state index contributed by atoms with van der Waals surface area (Å²) < 4.78 is 19.1. The van der Waals surface area contributed by atoms with E-state index in [9.17, 15) is 4.39 Å². The second-order valence-corrected chi connectivity index (χ2v) is 5.88. The number of hydrogen-bond acceptors (Lipinski definition) is 2. The van der Waals surface area contributed by atoms with Gasteiger partial charge in [-0.2, -0.15) is 0 Å². The minimum absolute atomic E-state index is 0.127. The monoisotopic (exact) mass is 265 g/mol. The molecule has 2 nitrogen and oxygen atoms in total. The van der Waals surface area contributed by atoms with Crippen molar-refractivity contribution in [3.63, 3.8) is 0 Å². The molecule has 2 atom stereocenters. The number of halogens is 1. The van der Waals surface area contributed by atoms with E-state index in [1.165, 1.54) is 12.5 Å². The van der Waals surface area contributed by atoms with Crippen LogP contribution in [0.15, 0.2) is 18.2 Å². The Morgan fingerprint density at radius 3 is 2.68 bits per heavy atom. The number of nitrogens with one attached hydrogen (secondary N) is 1. The minimum Gasteiger partial charge on any atom is -0.497 e. The molecule has 0 amide bonds. The van der Waals surface area contributed by atoms with Gasteiger partial charge in [0.1, 0.15) is 11.6 Å². The van der Waals surface area contributed by atoms with Crippen LogP contribution in [0.1, 0.15) is 38.2 Å². The van der Waals surface area contributed by atoms with Gasteiger partial charge in [-0.3, -0.25) is 0 Å².